The molecular formula is C24H27F3N4O2. The summed E-state index contributed by atoms with van der Waals surface area (Å²) in [5.41, 5.74) is 0.104. The molecule has 2 aromatic carbocycles. The summed E-state index contributed by atoms with van der Waals surface area (Å²) in [5, 5.41) is 5.67. The van der Waals surface area contributed by atoms with E-state index < -0.39 is 11.7 Å². The van der Waals surface area contributed by atoms with Crippen LogP contribution in [0.1, 0.15) is 39.2 Å². The van der Waals surface area contributed by atoms with Crippen LogP contribution in [0.15, 0.2) is 54.7 Å². The van der Waals surface area contributed by atoms with Crippen molar-refractivity contribution in [3.05, 3.63) is 60.3 Å². The summed E-state index contributed by atoms with van der Waals surface area (Å²) < 4.78 is 51.8. The van der Waals surface area contributed by atoms with Crippen molar-refractivity contribution in [2.45, 2.75) is 45.9 Å². The van der Waals surface area contributed by atoms with E-state index >= 15 is 0 Å². The molecule has 0 aliphatic carbocycles. The molecule has 0 aliphatic heterocycles. The molecule has 3 rings (SSSR count). The van der Waals surface area contributed by atoms with Gasteiger partial charge in [-0.3, -0.25) is 0 Å². The first-order valence-corrected chi connectivity index (χ1v) is 10.8. The van der Waals surface area contributed by atoms with Crippen LogP contribution in [0, 0.1) is 0 Å². The first-order valence-electron chi connectivity index (χ1n) is 10.8. The number of benzene rings is 2. The molecule has 0 amide bonds. The standard InChI is InChI=1S/C24H27F3N4O2/c1-4-14-32-19-10-6-17(7-11-19)29-22-21(24(25,26)27)15-28-23(31-22)30-18-8-12-20(13-9-18)33-16(3)5-2/h6-13,15-16H,4-5,14H2,1-3H3,(H2,28,29,30,31). The number of alkyl halides is 3. The summed E-state index contributed by atoms with van der Waals surface area (Å²) in [6.45, 7) is 6.56. The van der Waals surface area contributed by atoms with Crippen molar-refractivity contribution in [1.82, 2.24) is 9.97 Å². The van der Waals surface area contributed by atoms with Gasteiger partial charge in [0.1, 0.15) is 22.9 Å². The van der Waals surface area contributed by atoms with Crippen LogP contribution >= 0.6 is 0 Å². The van der Waals surface area contributed by atoms with Crippen LogP contribution in [-0.4, -0.2) is 22.7 Å². The number of halogens is 3. The molecule has 2 N–H and O–H groups in total. The smallest absolute Gasteiger partial charge is 0.421 e. The lowest BCUT2D eigenvalue weighted by Gasteiger charge is -2.16. The Labute approximate surface area is 191 Å². The summed E-state index contributed by atoms with van der Waals surface area (Å²) in [4.78, 5) is 7.91. The first kappa shape index (κ1) is 24.2. The van der Waals surface area contributed by atoms with E-state index in [1.54, 1.807) is 48.5 Å². The Balaban J connectivity index is 1.78. The lowest BCUT2D eigenvalue weighted by molar-refractivity contribution is -0.137. The molecule has 0 spiro atoms. The second kappa shape index (κ2) is 10.9. The highest BCUT2D eigenvalue weighted by atomic mass is 19.4. The molecule has 0 saturated carbocycles. The third-order valence-electron chi connectivity index (χ3n) is 4.71. The van der Waals surface area contributed by atoms with Gasteiger partial charge in [0.15, 0.2) is 0 Å². The molecule has 0 radical (unpaired) electrons. The largest absolute Gasteiger partial charge is 0.494 e. The minimum absolute atomic E-state index is 0.0315. The molecular weight excluding hydrogens is 433 g/mol. The second-order valence-corrected chi connectivity index (χ2v) is 7.44. The molecule has 0 aliphatic rings. The molecule has 0 saturated heterocycles. The molecule has 9 heteroatoms. The van der Waals surface area contributed by atoms with E-state index in [-0.39, 0.29) is 17.9 Å². The Morgan fingerprint density at radius 1 is 0.909 bits per heavy atom. The third-order valence-corrected chi connectivity index (χ3v) is 4.71. The predicted octanol–water partition coefficient (Wildman–Crippen LogP) is 6.95. The van der Waals surface area contributed by atoms with Crippen LogP contribution in [0.4, 0.5) is 36.3 Å². The molecule has 176 valence electrons. The van der Waals surface area contributed by atoms with Gasteiger partial charge in [0.25, 0.3) is 0 Å². The zero-order chi connectivity index (χ0) is 23.8. The van der Waals surface area contributed by atoms with Crippen molar-refractivity contribution >= 4 is 23.1 Å². The van der Waals surface area contributed by atoms with Gasteiger partial charge in [-0.05, 0) is 68.3 Å². The van der Waals surface area contributed by atoms with Crippen molar-refractivity contribution < 1.29 is 22.6 Å². The fourth-order valence-electron chi connectivity index (χ4n) is 2.80. The molecule has 0 fully saturated rings. The number of hydrogen-bond acceptors (Lipinski definition) is 6. The molecule has 1 atom stereocenters. The van der Waals surface area contributed by atoms with Gasteiger partial charge in [-0.2, -0.15) is 18.2 Å². The summed E-state index contributed by atoms with van der Waals surface area (Å²) in [5.74, 6) is 1.03. The highest BCUT2D eigenvalue weighted by molar-refractivity contribution is 5.63. The lowest BCUT2D eigenvalue weighted by atomic mass is 10.2. The van der Waals surface area contributed by atoms with Crippen LogP contribution in [-0.2, 0) is 6.18 Å². The van der Waals surface area contributed by atoms with E-state index in [9.17, 15) is 13.2 Å². The average molecular weight is 461 g/mol. The highest BCUT2D eigenvalue weighted by Gasteiger charge is 2.35. The van der Waals surface area contributed by atoms with Gasteiger partial charge < -0.3 is 20.1 Å². The van der Waals surface area contributed by atoms with Crippen molar-refractivity contribution in [2.75, 3.05) is 17.2 Å². The number of nitrogens with zero attached hydrogens (tertiary/aromatic N) is 2. The fourth-order valence-corrected chi connectivity index (χ4v) is 2.80. The van der Waals surface area contributed by atoms with Crippen LogP contribution in [0.2, 0.25) is 0 Å². The fraction of sp³-hybridized carbons (Fsp3) is 0.333. The van der Waals surface area contributed by atoms with Crippen LogP contribution < -0.4 is 20.1 Å². The minimum Gasteiger partial charge on any atom is -0.494 e. The maximum atomic E-state index is 13.5. The molecule has 1 heterocycles. The summed E-state index contributed by atoms with van der Waals surface area (Å²) in [6, 6.07) is 13.7. The Hall–Kier alpha value is -3.49. The zero-order valence-corrected chi connectivity index (χ0v) is 18.7. The highest BCUT2D eigenvalue weighted by Crippen LogP contribution is 2.35. The van der Waals surface area contributed by atoms with E-state index in [0.717, 1.165) is 19.0 Å². The van der Waals surface area contributed by atoms with E-state index in [2.05, 4.69) is 20.6 Å². The predicted molar refractivity (Wildman–Crippen MR) is 123 cm³/mol. The molecule has 1 aromatic heterocycles. The Bertz CT molecular complexity index is 1030. The quantitative estimate of drug-likeness (QED) is 0.341. The van der Waals surface area contributed by atoms with E-state index in [1.807, 2.05) is 20.8 Å². The van der Waals surface area contributed by atoms with Crippen molar-refractivity contribution in [2.24, 2.45) is 0 Å². The molecule has 6 nitrogen and oxygen atoms in total. The number of ether oxygens (including phenoxy) is 2. The third kappa shape index (κ3) is 7.00. The van der Waals surface area contributed by atoms with Crippen molar-refractivity contribution in [3.8, 4) is 11.5 Å². The van der Waals surface area contributed by atoms with Crippen molar-refractivity contribution in [1.29, 1.82) is 0 Å². The Kier molecular flexibility index (Phi) is 7.97. The number of hydrogen-bond donors (Lipinski definition) is 2. The number of nitrogens with one attached hydrogen (secondary N) is 2. The topological polar surface area (TPSA) is 68.3 Å². The van der Waals surface area contributed by atoms with Gasteiger partial charge in [0.2, 0.25) is 5.95 Å². The second-order valence-electron chi connectivity index (χ2n) is 7.44. The Morgan fingerprint density at radius 3 is 2.09 bits per heavy atom. The number of aromatic nitrogens is 2. The van der Waals surface area contributed by atoms with Crippen molar-refractivity contribution in [3.63, 3.8) is 0 Å². The maximum absolute atomic E-state index is 13.5. The van der Waals surface area contributed by atoms with Gasteiger partial charge in [0, 0.05) is 17.6 Å². The van der Waals surface area contributed by atoms with Crippen LogP contribution in [0.3, 0.4) is 0 Å². The molecule has 3 aromatic rings. The maximum Gasteiger partial charge on any atom is 0.421 e. The van der Waals surface area contributed by atoms with Gasteiger partial charge in [0.05, 0.1) is 12.7 Å². The number of rotatable bonds is 10. The summed E-state index contributed by atoms with van der Waals surface area (Å²) in [7, 11) is 0. The van der Waals surface area contributed by atoms with Gasteiger partial charge in [-0.1, -0.05) is 13.8 Å². The van der Waals surface area contributed by atoms with E-state index in [0.29, 0.717) is 29.5 Å². The van der Waals surface area contributed by atoms with Gasteiger partial charge in [-0.25, -0.2) is 4.98 Å². The minimum atomic E-state index is -4.61. The molecule has 1 unspecified atom stereocenters. The van der Waals surface area contributed by atoms with Gasteiger partial charge >= 0.3 is 6.18 Å². The Morgan fingerprint density at radius 2 is 1.52 bits per heavy atom. The monoisotopic (exact) mass is 460 g/mol. The SMILES string of the molecule is CCCOc1ccc(Nc2nc(Nc3ccc(OC(C)CC)cc3)ncc2C(F)(F)F)cc1. The zero-order valence-electron chi connectivity index (χ0n) is 18.7. The average Bonchev–Trinajstić information content (AvgIpc) is 2.79. The molecule has 33 heavy (non-hydrogen) atoms. The van der Waals surface area contributed by atoms with Gasteiger partial charge in [-0.15, -0.1) is 0 Å². The van der Waals surface area contributed by atoms with Crippen LogP contribution in [0.25, 0.3) is 0 Å². The van der Waals surface area contributed by atoms with Crippen LogP contribution in [0.5, 0.6) is 11.5 Å². The van der Waals surface area contributed by atoms with E-state index in [4.69, 9.17) is 9.47 Å². The first-order chi connectivity index (χ1) is 15.8. The summed E-state index contributed by atoms with van der Waals surface area (Å²) >= 11 is 0. The normalized spacial score (nSPS) is 12.2. The number of anilines is 4. The summed E-state index contributed by atoms with van der Waals surface area (Å²) in [6.07, 6.45) is -2.03. The van der Waals surface area contributed by atoms with E-state index in [1.165, 1.54) is 0 Å². The lowest BCUT2D eigenvalue weighted by Crippen LogP contribution is -2.12. The molecule has 0 bridgehead atoms.